The average Bonchev–Trinajstić information content (AvgIpc) is 3.41. The van der Waals surface area contributed by atoms with Gasteiger partial charge in [-0.05, 0) is 31.1 Å². The minimum Gasteiger partial charge on any atom is -0.545 e. The molecule has 5 rings (SSSR count). The number of anilines is 1. The largest absolute Gasteiger partial charge is 1.00 e. The van der Waals surface area contributed by atoms with Crippen molar-refractivity contribution in [1.29, 1.82) is 0 Å². The topological polar surface area (TPSA) is 104 Å². The van der Waals surface area contributed by atoms with E-state index in [-0.39, 0.29) is 52.6 Å². The molecule has 0 spiro atoms. The van der Waals surface area contributed by atoms with Gasteiger partial charge in [0, 0.05) is 37.6 Å². The summed E-state index contributed by atoms with van der Waals surface area (Å²) in [6, 6.07) is 0.172. The van der Waals surface area contributed by atoms with Crippen LogP contribution in [-0.2, 0) is 0 Å². The van der Waals surface area contributed by atoms with E-state index in [1.165, 1.54) is 12.4 Å². The number of aromatic nitrogens is 2. The van der Waals surface area contributed by atoms with Crippen LogP contribution in [0.2, 0.25) is 5.02 Å². The molecule has 29 heavy (non-hydrogen) atoms. The van der Waals surface area contributed by atoms with Gasteiger partial charge in [0.1, 0.15) is 10.8 Å². The van der Waals surface area contributed by atoms with E-state index in [9.17, 15) is 14.7 Å². The van der Waals surface area contributed by atoms with Gasteiger partial charge in [-0.1, -0.05) is 23.8 Å². The van der Waals surface area contributed by atoms with Crippen molar-refractivity contribution >= 4 is 34.3 Å². The predicted octanol–water partition coefficient (Wildman–Crippen LogP) is -1.91. The molecule has 1 saturated heterocycles. The zero-order chi connectivity index (χ0) is 19.6. The van der Waals surface area contributed by atoms with Gasteiger partial charge in [0.25, 0.3) is 0 Å². The monoisotopic (exact) mass is 422 g/mol. The van der Waals surface area contributed by atoms with E-state index in [0.717, 1.165) is 32.4 Å². The molecule has 3 aliphatic rings. The molecule has 3 heterocycles. The van der Waals surface area contributed by atoms with Crippen LogP contribution >= 0.6 is 11.6 Å². The van der Waals surface area contributed by atoms with Crippen LogP contribution in [0.15, 0.2) is 29.3 Å². The second-order valence-electron chi connectivity index (χ2n) is 8.03. The molecule has 2 aromatic rings. The van der Waals surface area contributed by atoms with Crippen LogP contribution in [0.1, 0.15) is 35.7 Å². The Kier molecular flexibility index (Phi) is 5.55. The summed E-state index contributed by atoms with van der Waals surface area (Å²) in [4.78, 5) is 30.6. The fourth-order valence-corrected chi connectivity index (χ4v) is 4.98. The Bertz CT molecular complexity index is 1080. The summed E-state index contributed by atoms with van der Waals surface area (Å²) in [5.74, 6) is -0.0401. The molecule has 0 aromatic carbocycles. The standard InChI is InChI=1S/C20H21ClN4O3.Na/c21-16-17-12(18(26)14(20(27)28)9-25(17)11-4-5-11)6-23-19(16)24-7-10-2-1-3-15(22)13(10)8-24;/h1,3,6,9-11,13,15H,2,4-5,7-8,22H2,(H,27,28);/q;+1/p-1/t10-,13+,15-;/m1./s1. The van der Waals surface area contributed by atoms with Crippen molar-refractivity contribution < 1.29 is 39.5 Å². The molecule has 146 valence electrons. The van der Waals surface area contributed by atoms with Gasteiger partial charge in [0.05, 0.1) is 22.4 Å². The maximum absolute atomic E-state index is 12.6. The molecular formula is C20H20ClN4NaO3. The van der Waals surface area contributed by atoms with E-state index in [1.807, 2.05) is 4.57 Å². The van der Waals surface area contributed by atoms with E-state index < -0.39 is 11.4 Å². The van der Waals surface area contributed by atoms with Crippen molar-refractivity contribution in [1.82, 2.24) is 9.55 Å². The summed E-state index contributed by atoms with van der Waals surface area (Å²) >= 11 is 6.76. The normalized spacial score (nSPS) is 25.7. The number of carbonyl (C=O) groups excluding carboxylic acids is 1. The SMILES string of the molecule is N[C@@H]1C=CC[C@@H]2CN(c3ncc4c(=O)c(C(=O)[O-])cn(C5CC5)c4c3Cl)C[C@@H]21.[Na+]. The number of nitrogens with two attached hydrogens (primary N) is 1. The summed E-state index contributed by atoms with van der Waals surface area (Å²) in [6.45, 7) is 1.57. The number of pyridine rings is 2. The number of allylic oxidation sites excluding steroid dienone is 1. The number of halogens is 1. The van der Waals surface area contributed by atoms with Gasteiger partial charge in [0.15, 0.2) is 5.43 Å². The summed E-state index contributed by atoms with van der Waals surface area (Å²) in [5, 5.41) is 12.0. The molecule has 2 N–H and O–H groups in total. The zero-order valence-corrected chi connectivity index (χ0v) is 18.9. The Hall–Kier alpha value is -1.38. The molecule has 2 fully saturated rings. The van der Waals surface area contributed by atoms with Crippen LogP contribution < -0.4 is 50.7 Å². The van der Waals surface area contributed by atoms with E-state index in [0.29, 0.717) is 28.2 Å². The molecule has 0 unspecified atom stereocenters. The Labute approximate surface area is 194 Å². The quantitative estimate of drug-likeness (QED) is 0.457. The molecular weight excluding hydrogens is 403 g/mol. The number of carbonyl (C=O) groups is 1. The Morgan fingerprint density at radius 2 is 2.07 bits per heavy atom. The maximum atomic E-state index is 12.6. The van der Waals surface area contributed by atoms with Crippen molar-refractivity contribution in [3.05, 3.63) is 45.4 Å². The third kappa shape index (κ3) is 3.43. The van der Waals surface area contributed by atoms with Gasteiger partial charge in [-0.25, -0.2) is 4.98 Å². The van der Waals surface area contributed by atoms with Gasteiger partial charge >= 0.3 is 29.6 Å². The number of aromatic carboxylic acids is 1. The van der Waals surface area contributed by atoms with Crippen molar-refractivity contribution in [2.24, 2.45) is 17.6 Å². The van der Waals surface area contributed by atoms with Gasteiger partial charge in [0.2, 0.25) is 0 Å². The Morgan fingerprint density at radius 3 is 2.72 bits per heavy atom. The number of rotatable bonds is 3. The number of nitrogens with zero attached hydrogens (tertiary/aromatic N) is 3. The van der Waals surface area contributed by atoms with Crippen molar-refractivity contribution in [2.75, 3.05) is 18.0 Å². The van der Waals surface area contributed by atoms with E-state index in [4.69, 9.17) is 17.3 Å². The summed E-state index contributed by atoms with van der Waals surface area (Å²) in [6.07, 6.45) is 9.85. The first kappa shape index (κ1) is 20.9. The van der Waals surface area contributed by atoms with Crippen LogP contribution in [0.3, 0.4) is 0 Å². The summed E-state index contributed by atoms with van der Waals surface area (Å²) in [5.41, 5.74) is 5.85. The molecule has 9 heteroatoms. The fraction of sp³-hybridized carbons (Fsp3) is 0.450. The molecule has 7 nitrogen and oxygen atoms in total. The fourth-order valence-electron chi connectivity index (χ4n) is 4.61. The Morgan fingerprint density at radius 1 is 1.31 bits per heavy atom. The third-order valence-electron chi connectivity index (χ3n) is 6.23. The zero-order valence-electron chi connectivity index (χ0n) is 16.2. The summed E-state index contributed by atoms with van der Waals surface area (Å²) < 4.78 is 1.81. The van der Waals surface area contributed by atoms with Crippen LogP contribution in [-0.4, -0.2) is 34.7 Å². The summed E-state index contributed by atoms with van der Waals surface area (Å²) in [7, 11) is 0. The first-order valence-corrected chi connectivity index (χ1v) is 9.95. The van der Waals surface area contributed by atoms with Gasteiger partial charge < -0.3 is 25.1 Å². The maximum Gasteiger partial charge on any atom is 1.00 e. The molecule has 3 atom stereocenters. The minimum absolute atomic E-state index is 0. The molecule has 0 radical (unpaired) electrons. The number of carboxylic acids is 1. The van der Waals surface area contributed by atoms with E-state index >= 15 is 0 Å². The van der Waals surface area contributed by atoms with Crippen molar-refractivity contribution in [3.8, 4) is 0 Å². The van der Waals surface area contributed by atoms with Gasteiger partial charge in [-0.15, -0.1) is 0 Å². The third-order valence-corrected chi connectivity index (χ3v) is 6.58. The van der Waals surface area contributed by atoms with Crippen LogP contribution in [0.25, 0.3) is 10.9 Å². The van der Waals surface area contributed by atoms with Crippen molar-refractivity contribution in [2.45, 2.75) is 31.3 Å². The minimum atomic E-state index is -1.48. The van der Waals surface area contributed by atoms with Gasteiger partial charge in [-0.3, -0.25) is 4.79 Å². The van der Waals surface area contributed by atoms with E-state index in [1.54, 1.807) is 0 Å². The molecule has 1 saturated carbocycles. The van der Waals surface area contributed by atoms with E-state index in [2.05, 4.69) is 22.0 Å². The molecule has 2 aromatic heterocycles. The number of hydrogen-bond donors (Lipinski definition) is 1. The second kappa shape index (κ2) is 7.71. The number of fused-ring (bicyclic) bond motifs is 2. The van der Waals surface area contributed by atoms with Crippen LogP contribution in [0.4, 0.5) is 5.82 Å². The first-order valence-electron chi connectivity index (χ1n) is 9.57. The van der Waals surface area contributed by atoms with Crippen LogP contribution in [0.5, 0.6) is 0 Å². The molecule has 1 aliphatic heterocycles. The second-order valence-corrected chi connectivity index (χ2v) is 8.40. The molecule has 0 bridgehead atoms. The smallest absolute Gasteiger partial charge is 0.545 e. The first-order chi connectivity index (χ1) is 13.5. The average molecular weight is 423 g/mol. The Balaban J connectivity index is 0.00000205. The number of hydrogen-bond acceptors (Lipinski definition) is 6. The predicted molar refractivity (Wildman–Crippen MR) is 105 cm³/mol. The molecule has 2 aliphatic carbocycles. The molecule has 0 amide bonds. The van der Waals surface area contributed by atoms with Crippen LogP contribution in [0, 0.1) is 11.8 Å². The number of carboxylic acid groups (broad SMARTS) is 1. The van der Waals surface area contributed by atoms with Crippen molar-refractivity contribution in [3.63, 3.8) is 0 Å². The van der Waals surface area contributed by atoms with Gasteiger partial charge in [-0.2, -0.15) is 0 Å².